The van der Waals surface area contributed by atoms with E-state index in [2.05, 4.69) is 29.5 Å². The Balaban J connectivity index is 1.94. The van der Waals surface area contributed by atoms with Gasteiger partial charge < -0.3 is 10.4 Å². The van der Waals surface area contributed by atoms with Crippen LogP contribution < -0.4 is 5.32 Å². The normalized spacial score (nSPS) is 26.2. The zero-order valence-corrected chi connectivity index (χ0v) is 11.7. The SMILES string of the molecule is CC1CC(C)CC(NC(=O)c2cn(CC(=O)O)nn2)C1. The molecule has 2 atom stereocenters. The highest BCUT2D eigenvalue weighted by atomic mass is 16.4. The Morgan fingerprint density at radius 3 is 2.60 bits per heavy atom. The second-order valence-corrected chi connectivity index (χ2v) is 5.78. The van der Waals surface area contributed by atoms with Crippen LogP contribution in [0.4, 0.5) is 0 Å². The highest BCUT2D eigenvalue weighted by Crippen LogP contribution is 2.28. The van der Waals surface area contributed by atoms with Crippen LogP contribution in [0.2, 0.25) is 0 Å². The van der Waals surface area contributed by atoms with Gasteiger partial charge in [0.05, 0.1) is 6.20 Å². The first-order valence-electron chi connectivity index (χ1n) is 6.86. The van der Waals surface area contributed by atoms with Gasteiger partial charge in [-0.05, 0) is 31.1 Å². The van der Waals surface area contributed by atoms with E-state index < -0.39 is 5.97 Å². The summed E-state index contributed by atoms with van der Waals surface area (Å²) >= 11 is 0. The summed E-state index contributed by atoms with van der Waals surface area (Å²) in [4.78, 5) is 22.6. The molecule has 1 heterocycles. The summed E-state index contributed by atoms with van der Waals surface area (Å²) < 4.78 is 1.14. The quantitative estimate of drug-likeness (QED) is 0.854. The van der Waals surface area contributed by atoms with E-state index in [1.807, 2.05) is 0 Å². The fourth-order valence-corrected chi connectivity index (χ4v) is 2.94. The molecule has 1 aromatic heterocycles. The summed E-state index contributed by atoms with van der Waals surface area (Å²) in [5, 5.41) is 18.9. The largest absolute Gasteiger partial charge is 0.480 e. The maximum absolute atomic E-state index is 12.1. The van der Waals surface area contributed by atoms with Gasteiger partial charge >= 0.3 is 5.97 Å². The number of nitrogens with zero attached hydrogens (tertiary/aromatic N) is 3. The standard InChI is InChI=1S/C13H20N4O3/c1-8-3-9(2)5-10(4-8)14-13(20)11-6-17(16-15-11)7-12(18)19/h6,8-10H,3-5,7H2,1-2H3,(H,14,20)(H,18,19). The van der Waals surface area contributed by atoms with Gasteiger partial charge in [-0.1, -0.05) is 19.1 Å². The van der Waals surface area contributed by atoms with E-state index in [1.54, 1.807) is 0 Å². The first-order valence-corrected chi connectivity index (χ1v) is 6.86. The van der Waals surface area contributed by atoms with E-state index in [0.717, 1.165) is 17.5 Å². The first-order chi connectivity index (χ1) is 9.44. The van der Waals surface area contributed by atoms with Crippen molar-refractivity contribution in [2.24, 2.45) is 11.8 Å². The number of rotatable bonds is 4. The molecule has 0 radical (unpaired) electrons. The van der Waals surface area contributed by atoms with Crippen molar-refractivity contribution in [3.05, 3.63) is 11.9 Å². The Labute approximate surface area is 117 Å². The van der Waals surface area contributed by atoms with Gasteiger partial charge in [0.1, 0.15) is 6.54 Å². The highest BCUT2D eigenvalue weighted by molar-refractivity contribution is 5.92. The van der Waals surface area contributed by atoms with E-state index in [4.69, 9.17) is 5.11 Å². The van der Waals surface area contributed by atoms with Crippen LogP contribution in [0.5, 0.6) is 0 Å². The van der Waals surface area contributed by atoms with Crippen molar-refractivity contribution in [2.45, 2.75) is 45.7 Å². The summed E-state index contributed by atoms with van der Waals surface area (Å²) in [5.74, 6) is -0.0942. The second-order valence-electron chi connectivity index (χ2n) is 5.78. The van der Waals surface area contributed by atoms with Gasteiger partial charge in [-0.15, -0.1) is 5.10 Å². The van der Waals surface area contributed by atoms with Crippen molar-refractivity contribution < 1.29 is 14.7 Å². The molecule has 2 unspecified atom stereocenters. The van der Waals surface area contributed by atoms with Crippen LogP contribution in [-0.4, -0.2) is 38.0 Å². The Bertz CT molecular complexity index is 490. The third-order valence-corrected chi connectivity index (χ3v) is 3.58. The van der Waals surface area contributed by atoms with Gasteiger partial charge in [-0.25, -0.2) is 4.68 Å². The van der Waals surface area contributed by atoms with Crippen molar-refractivity contribution in [2.75, 3.05) is 0 Å². The predicted octanol–water partition coefficient (Wildman–Crippen LogP) is 0.917. The summed E-state index contributed by atoms with van der Waals surface area (Å²) in [7, 11) is 0. The van der Waals surface area contributed by atoms with Crippen molar-refractivity contribution in [3.63, 3.8) is 0 Å². The second kappa shape index (κ2) is 6.02. The number of carboxylic acids is 1. The van der Waals surface area contributed by atoms with Gasteiger partial charge in [0.25, 0.3) is 5.91 Å². The minimum absolute atomic E-state index is 0.158. The minimum Gasteiger partial charge on any atom is -0.480 e. The molecule has 1 aliphatic carbocycles. The fourth-order valence-electron chi connectivity index (χ4n) is 2.94. The fraction of sp³-hybridized carbons (Fsp3) is 0.692. The lowest BCUT2D eigenvalue weighted by molar-refractivity contribution is -0.137. The van der Waals surface area contributed by atoms with E-state index in [1.165, 1.54) is 12.6 Å². The Hall–Kier alpha value is -1.92. The van der Waals surface area contributed by atoms with Gasteiger partial charge in [0.15, 0.2) is 5.69 Å². The molecular formula is C13H20N4O3. The molecule has 20 heavy (non-hydrogen) atoms. The maximum atomic E-state index is 12.1. The number of nitrogens with one attached hydrogen (secondary N) is 1. The Kier molecular flexibility index (Phi) is 4.36. The Morgan fingerprint density at radius 2 is 2.00 bits per heavy atom. The van der Waals surface area contributed by atoms with Crippen LogP contribution >= 0.6 is 0 Å². The van der Waals surface area contributed by atoms with Crippen molar-refractivity contribution in [3.8, 4) is 0 Å². The minimum atomic E-state index is -1.02. The number of hydrogen-bond donors (Lipinski definition) is 2. The molecule has 0 saturated heterocycles. The average molecular weight is 280 g/mol. The number of aromatic nitrogens is 3. The van der Waals surface area contributed by atoms with Gasteiger partial charge in [0.2, 0.25) is 0 Å². The van der Waals surface area contributed by atoms with Crippen LogP contribution in [0.25, 0.3) is 0 Å². The molecule has 1 fully saturated rings. The number of carboxylic acid groups (broad SMARTS) is 1. The van der Waals surface area contributed by atoms with Gasteiger partial charge in [-0.2, -0.15) is 0 Å². The van der Waals surface area contributed by atoms with Crippen LogP contribution in [0.15, 0.2) is 6.20 Å². The third kappa shape index (κ3) is 3.79. The van der Waals surface area contributed by atoms with Crippen molar-refractivity contribution in [1.82, 2.24) is 20.3 Å². The molecule has 2 rings (SSSR count). The van der Waals surface area contributed by atoms with Crippen LogP contribution in [0, 0.1) is 11.8 Å². The molecule has 1 amide bonds. The molecule has 7 nitrogen and oxygen atoms in total. The van der Waals surface area contributed by atoms with Gasteiger partial charge in [0, 0.05) is 6.04 Å². The summed E-state index contributed by atoms with van der Waals surface area (Å²) in [6, 6.07) is 0.158. The van der Waals surface area contributed by atoms with Crippen LogP contribution in [0.1, 0.15) is 43.6 Å². The Morgan fingerprint density at radius 1 is 1.35 bits per heavy atom. The molecule has 1 aromatic rings. The number of hydrogen-bond acceptors (Lipinski definition) is 4. The molecule has 110 valence electrons. The molecule has 0 aliphatic heterocycles. The zero-order chi connectivity index (χ0) is 14.7. The molecule has 0 spiro atoms. The van der Waals surface area contributed by atoms with Crippen molar-refractivity contribution in [1.29, 1.82) is 0 Å². The number of amides is 1. The molecule has 0 bridgehead atoms. The van der Waals surface area contributed by atoms with E-state index in [-0.39, 0.29) is 24.2 Å². The molecule has 1 saturated carbocycles. The lowest BCUT2D eigenvalue weighted by Crippen LogP contribution is -2.40. The van der Waals surface area contributed by atoms with Gasteiger partial charge in [-0.3, -0.25) is 9.59 Å². The summed E-state index contributed by atoms with van der Waals surface area (Å²) in [5.41, 5.74) is 0.164. The number of carbonyl (C=O) groups is 2. The zero-order valence-electron chi connectivity index (χ0n) is 11.7. The predicted molar refractivity (Wildman–Crippen MR) is 71.1 cm³/mol. The molecule has 2 N–H and O–H groups in total. The molecule has 1 aliphatic rings. The lowest BCUT2D eigenvalue weighted by Gasteiger charge is -2.31. The third-order valence-electron chi connectivity index (χ3n) is 3.58. The van der Waals surface area contributed by atoms with Crippen molar-refractivity contribution >= 4 is 11.9 Å². The summed E-state index contributed by atoms with van der Waals surface area (Å²) in [6.07, 6.45) is 4.50. The van der Waals surface area contributed by atoms with E-state index >= 15 is 0 Å². The molecular weight excluding hydrogens is 260 g/mol. The smallest absolute Gasteiger partial charge is 0.325 e. The van der Waals surface area contributed by atoms with Crippen LogP contribution in [0.3, 0.4) is 0 Å². The number of aliphatic carboxylic acids is 1. The first kappa shape index (κ1) is 14.5. The lowest BCUT2D eigenvalue weighted by atomic mass is 9.80. The molecule has 7 heteroatoms. The monoisotopic (exact) mass is 280 g/mol. The topological polar surface area (TPSA) is 97.1 Å². The van der Waals surface area contributed by atoms with E-state index in [9.17, 15) is 9.59 Å². The highest BCUT2D eigenvalue weighted by Gasteiger charge is 2.26. The van der Waals surface area contributed by atoms with E-state index in [0.29, 0.717) is 11.8 Å². The maximum Gasteiger partial charge on any atom is 0.325 e. The van der Waals surface area contributed by atoms with Crippen LogP contribution in [-0.2, 0) is 11.3 Å². The number of carbonyl (C=O) groups excluding carboxylic acids is 1. The molecule has 0 aromatic carbocycles. The average Bonchev–Trinajstić information content (AvgIpc) is 2.75. The summed E-state index contributed by atoms with van der Waals surface area (Å²) in [6.45, 7) is 4.09.